The highest BCUT2D eigenvalue weighted by Gasteiger charge is 2.46. The van der Waals surface area contributed by atoms with Gasteiger partial charge >= 0.3 is 39.0 Å². The molecule has 25 nitrogen and oxygen atoms in total. The van der Waals surface area contributed by atoms with Gasteiger partial charge in [-0.25, -0.2) is 53.9 Å². The number of carboxylic acid groups (broad SMARTS) is 1. The van der Waals surface area contributed by atoms with Crippen molar-refractivity contribution in [3.05, 3.63) is 315 Å². The largest absolute Gasteiger partial charge is 0.481 e. The minimum atomic E-state index is -1.30. The van der Waals surface area contributed by atoms with Crippen molar-refractivity contribution in [2.45, 2.75) is 123 Å². The van der Waals surface area contributed by atoms with Crippen molar-refractivity contribution >= 4 is 228 Å². The minimum absolute atomic E-state index is 0.00757. The van der Waals surface area contributed by atoms with Gasteiger partial charge in [0.2, 0.25) is 0 Å². The van der Waals surface area contributed by atoms with Crippen LogP contribution in [0.2, 0.25) is 0 Å². The molecule has 0 spiro atoms. The molecule has 0 radical (unpaired) electrons. The molecule has 0 aliphatic carbocycles. The number of carbonyl (C=O) groups excluding carboxylic acids is 8. The maximum absolute atomic E-state index is 14.0. The Labute approximate surface area is 858 Å². The lowest BCUT2D eigenvalue weighted by atomic mass is 9.77. The van der Waals surface area contributed by atoms with E-state index in [4.69, 9.17) is 52.5 Å². The van der Waals surface area contributed by atoms with E-state index in [9.17, 15) is 87.1 Å². The van der Waals surface area contributed by atoms with Gasteiger partial charge in [0.15, 0.2) is 26.3 Å². The molecule has 0 saturated heterocycles. The van der Waals surface area contributed by atoms with Crippen LogP contribution in [-0.2, 0) is 93.7 Å². The van der Waals surface area contributed by atoms with Crippen LogP contribution in [0.1, 0.15) is 143 Å². The molecule has 0 aliphatic heterocycles. The lowest BCUT2D eigenvalue weighted by Gasteiger charge is -2.28. The van der Waals surface area contributed by atoms with E-state index in [-0.39, 0.29) is 137 Å². The van der Waals surface area contributed by atoms with Gasteiger partial charge in [-0.3, -0.25) is 48.5 Å². The number of carboxylic acids is 1. The summed E-state index contributed by atoms with van der Waals surface area (Å²) in [5, 5.41) is 25.7. The number of ether oxygens (including phenoxy) is 5. The van der Waals surface area contributed by atoms with E-state index in [1.54, 1.807) is 100.0 Å². The maximum atomic E-state index is 14.0. The Morgan fingerprint density at radius 3 is 1.15 bits per heavy atom. The fourth-order valence-corrected chi connectivity index (χ4v) is 14.5. The number of nitrogens with two attached hydrogens (primary N) is 2. The number of amides is 2. The predicted octanol–water partition coefficient (Wildman–Crippen LogP) is 23.5. The van der Waals surface area contributed by atoms with Crippen LogP contribution in [0.5, 0.6) is 0 Å². The number of ketones is 1. The first-order chi connectivity index (χ1) is 66.6. The Bertz CT molecular complexity index is 5900. The number of nitrogens with one attached hydrogen (secondary N) is 5. The van der Waals surface area contributed by atoms with E-state index in [0.717, 1.165) is 83.1 Å². The number of nitrogen functional groups attached to an aromatic ring is 1. The maximum Gasteiger partial charge on any atom is 0.369 e. The van der Waals surface area contributed by atoms with Gasteiger partial charge in [0.1, 0.15) is 87.6 Å². The van der Waals surface area contributed by atoms with Crippen LogP contribution in [0, 0.1) is 63.6 Å². The van der Waals surface area contributed by atoms with E-state index < -0.39 is 116 Å². The zero-order chi connectivity index (χ0) is 104. The van der Waals surface area contributed by atoms with Crippen molar-refractivity contribution in [2.75, 3.05) is 52.2 Å². The highest BCUT2D eigenvalue weighted by atomic mass is 79.9. The standard InChI is InChI=1S/C25H26F2N2O4S.C18H23BrO5.C18H20F2N2O4S.C14H10F2N2OS.C7H6F2N2S.C7H5NOS.C6H5F2N.BBr3/c1-3-25(23(31)32-4-2,13-12-22(30)33-15-17-8-6-5-7-9-17)21-16-34-24(29-21)28-20-11-10-18(26)14-19(20)27;1-3-18(15(20)12-19,17(22)23-4-2)11-10-16(21)24-13-14-8-6-5-7-9-14;1-3-18(8-7-15(23)24,16(25)26-4-2)14-10-27-17(22-14)21-13-6-5-11(19)9-12(13)20;15-10-6-7-12(11(16)8-10)17-14(20)18-13(19)9-4-2-1-3-5-9;8-4-1-2-6(5(9)3-4)11-7(10)12;9-7(8-10)6-4-2-1-3-5-6;7-4-1-2-6(9)5(8)3-4;2-1(3)4/h5-11,14,16H,3-4,12-13,15H2,1-2H3,(H,28,29);5-9H,3-4,10-13H2,1-2H3;5-6,9-10H,3-4,7-8H2,1-2H3,(H,21,22)(H,23,24);1-8H,(H2,17,18,19,20);1-3H,(H3,10,11,12);1-5H;1-3H,9H2;. The average molecular weight is 2300 g/mol. The van der Waals surface area contributed by atoms with Crippen molar-refractivity contribution < 1.29 is 116 Å². The molecule has 11 rings (SSSR count). The van der Waals surface area contributed by atoms with Gasteiger partial charge in [-0.15, -0.1) is 74.3 Å². The first-order valence-electron chi connectivity index (χ1n) is 41.9. The number of hydrogen-bond donors (Lipinski definition) is 8. The second-order valence-corrected chi connectivity index (χ2v) is 38.2. The number of rotatable bonds is 34. The van der Waals surface area contributed by atoms with Gasteiger partial charge in [0, 0.05) is 83.9 Å². The van der Waals surface area contributed by atoms with Crippen LogP contribution < -0.4 is 38.1 Å². The van der Waals surface area contributed by atoms with E-state index in [2.05, 4.69) is 129 Å². The number of halogens is 14. The molecule has 0 aliphatic rings. The summed E-state index contributed by atoms with van der Waals surface area (Å²) in [4.78, 5) is 117. The number of thiazole rings is 2. The number of esters is 5. The predicted molar refractivity (Wildman–Crippen MR) is 544 cm³/mol. The number of aromatic nitrogens is 2. The quantitative estimate of drug-likeness (QED) is 0.00271. The van der Waals surface area contributed by atoms with E-state index in [1.807, 2.05) is 73.7 Å². The van der Waals surface area contributed by atoms with E-state index >= 15 is 0 Å². The number of carbonyl (C=O) groups is 9. The second-order valence-electron chi connectivity index (χ2n) is 28.5. The third kappa shape index (κ3) is 41.9. The molecular weight excluding hydrogens is 2200 g/mol. The molecule has 0 fully saturated rings. The summed E-state index contributed by atoms with van der Waals surface area (Å²) in [6.45, 7) is 11.2. The van der Waals surface area contributed by atoms with Gasteiger partial charge < -0.3 is 61.5 Å². The van der Waals surface area contributed by atoms with Crippen molar-refractivity contribution in [3.8, 4) is 0 Å². The van der Waals surface area contributed by atoms with Gasteiger partial charge in [0.05, 0.1) is 65.0 Å². The number of Topliss-reactive ketones (excluding diaryl/α,β-unsaturated/α-hetero) is 1. The van der Waals surface area contributed by atoms with Crippen molar-refractivity contribution in [3.63, 3.8) is 0 Å². The number of benzene rings is 9. The third-order valence-electron chi connectivity index (χ3n) is 19.3. The van der Waals surface area contributed by atoms with E-state index in [1.165, 1.54) is 41.7 Å². The van der Waals surface area contributed by atoms with Gasteiger partial charge in [0.25, 0.3) is 11.8 Å². The van der Waals surface area contributed by atoms with Crippen LogP contribution >= 0.6 is 110 Å². The highest BCUT2D eigenvalue weighted by Crippen LogP contribution is 2.40. The van der Waals surface area contributed by atoms with E-state index in [0.29, 0.717) is 45.6 Å². The van der Waals surface area contributed by atoms with Crippen LogP contribution in [0.3, 0.4) is 0 Å². The second kappa shape index (κ2) is 63.8. The molecule has 0 saturated carbocycles. The zero-order valence-electron chi connectivity index (χ0n) is 75.5. The summed E-state index contributed by atoms with van der Waals surface area (Å²) >= 11 is 28.3. The molecule has 45 heteroatoms. The molecule has 9 aromatic carbocycles. The van der Waals surface area contributed by atoms with Crippen molar-refractivity contribution in [1.82, 2.24) is 15.3 Å². The number of thiocarbonyl (C=S) groups is 2. The summed E-state index contributed by atoms with van der Waals surface area (Å²) in [6, 6.07) is 51.2. The Hall–Kier alpha value is -11.8. The van der Waals surface area contributed by atoms with Gasteiger partial charge in [-0.1, -0.05) is 134 Å². The van der Waals surface area contributed by atoms with Crippen LogP contribution in [0.25, 0.3) is 0 Å². The van der Waals surface area contributed by atoms with Gasteiger partial charge in [-0.2, -0.15) is 0 Å². The average Bonchev–Trinajstić information content (AvgIpc) is 1.61. The molecule has 3 atom stereocenters. The zero-order valence-corrected chi connectivity index (χ0v) is 86.0. The van der Waals surface area contributed by atoms with Gasteiger partial charge in [-0.05, 0) is 180 Å². The SMILES string of the molecule is BrB(Br)Br.CCOC(=O)C(CC)(CCC(=O)O)c1csc(Nc2ccc(F)cc2F)n1.CCOC(=O)C(CC)(CCC(=O)OCc1ccccc1)C(=O)CBr.CCOC(=O)C(CC)(CCC(=O)OCc1ccccc1)c1csc(Nc2ccc(F)cc2F)n1.NC(=S)Nc1ccc(F)cc1F.Nc1ccc(F)cc1F.O=C(N=S)c1ccccc1.O=C(NC(=S)Nc1ccc(F)cc1F)c1ccccc1. The lowest BCUT2D eigenvalue weighted by Crippen LogP contribution is -2.41. The lowest BCUT2D eigenvalue weighted by molar-refractivity contribution is -0.161. The summed E-state index contributed by atoms with van der Waals surface area (Å²) in [5.41, 5.74) is 10.1. The number of alkyl halides is 1. The molecule has 11 aromatic rings. The molecule has 0 bridgehead atoms. The molecule has 2 aromatic heterocycles. The topological polar surface area (TPSA) is 370 Å². The first-order valence-corrected chi connectivity index (χ1v) is 48.7. The Morgan fingerprint density at radius 2 is 0.807 bits per heavy atom. The highest BCUT2D eigenvalue weighted by molar-refractivity contribution is 9.69. The molecule has 2 heterocycles. The summed E-state index contributed by atoms with van der Waals surface area (Å²) in [5.74, 6) is -11.6. The summed E-state index contributed by atoms with van der Waals surface area (Å²) < 4.78 is 159. The third-order valence-corrected chi connectivity index (χ3v) is 21.8. The molecule has 140 heavy (non-hydrogen) atoms. The fraction of sp³-hybridized carbons (Fsp3) is 0.253. The first kappa shape index (κ1) is 120. The Morgan fingerprint density at radius 1 is 0.457 bits per heavy atom. The minimum Gasteiger partial charge on any atom is -0.481 e. The smallest absolute Gasteiger partial charge is 0.369 e. The Balaban J connectivity index is 0.000000352. The molecule has 746 valence electrons. The van der Waals surface area contributed by atoms with Crippen molar-refractivity contribution in [2.24, 2.45) is 15.5 Å². The number of hydrogen-bond acceptors (Lipinski definition) is 24. The number of anilines is 7. The molecule has 3 unspecified atom stereocenters. The number of nitrogens with zero attached hydrogens (tertiary/aromatic N) is 3. The molecule has 10 N–H and O–H groups in total. The molecule has 2 amide bonds. The monoisotopic (exact) mass is 2290 g/mol. The Kier molecular flexibility index (Phi) is 54.9. The molecular formula is C95H95BBr4F10N10O15S5. The van der Waals surface area contributed by atoms with Crippen LogP contribution in [0.15, 0.2) is 227 Å². The summed E-state index contributed by atoms with van der Waals surface area (Å²) in [7, 11) is 0. The number of aliphatic carboxylic acids is 1. The fourth-order valence-electron chi connectivity index (χ4n) is 11.9. The van der Waals surface area contributed by atoms with Crippen LogP contribution in [0.4, 0.5) is 82.6 Å². The summed E-state index contributed by atoms with van der Waals surface area (Å²) in [6.07, 6.45) is 0.932. The van der Waals surface area contributed by atoms with Crippen molar-refractivity contribution in [1.29, 1.82) is 0 Å². The van der Waals surface area contributed by atoms with Crippen LogP contribution in [-0.4, -0.2) is 107 Å². The normalized spacial score (nSPS) is 11.5.